The van der Waals surface area contributed by atoms with Crippen molar-refractivity contribution < 1.29 is 14.3 Å². The summed E-state index contributed by atoms with van der Waals surface area (Å²) in [6, 6.07) is 19.4. The number of fused-ring (bicyclic) bond motifs is 3. The number of rotatable bonds is 4. The Kier molecular flexibility index (Phi) is 4.07. The van der Waals surface area contributed by atoms with Crippen LogP contribution in [0, 0.1) is 0 Å². The molecular formula is C21H17Br2NO3S. The Labute approximate surface area is 184 Å². The molecule has 1 aliphatic carbocycles. The van der Waals surface area contributed by atoms with Crippen molar-refractivity contribution in [1.29, 1.82) is 0 Å². The second kappa shape index (κ2) is 6.09. The maximum Gasteiger partial charge on any atom is 0.334 e. The van der Waals surface area contributed by atoms with Crippen molar-refractivity contribution in [2.75, 3.05) is 0 Å². The van der Waals surface area contributed by atoms with E-state index in [4.69, 9.17) is 4.74 Å². The van der Waals surface area contributed by atoms with Gasteiger partial charge >= 0.3 is 5.97 Å². The van der Waals surface area contributed by atoms with Gasteiger partial charge in [-0.3, -0.25) is 4.79 Å². The number of thioether (sulfide) groups is 1. The predicted octanol–water partition coefficient (Wildman–Crippen LogP) is 4.62. The maximum atomic E-state index is 13.5. The summed E-state index contributed by atoms with van der Waals surface area (Å²) in [5.74, 6) is -0.439. The Balaban J connectivity index is 1.48. The van der Waals surface area contributed by atoms with Crippen LogP contribution >= 0.6 is 43.6 Å². The lowest BCUT2D eigenvalue weighted by atomic mass is 10.0. The van der Waals surface area contributed by atoms with Crippen molar-refractivity contribution >= 4 is 55.5 Å². The molecule has 4 nitrogen and oxygen atoms in total. The van der Waals surface area contributed by atoms with Gasteiger partial charge in [0, 0.05) is 6.42 Å². The minimum atomic E-state index is -0.883. The molecule has 1 amide bonds. The summed E-state index contributed by atoms with van der Waals surface area (Å²) in [4.78, 5) is 27.9. The summed E-state index contributed by atoms with van der Waals surface area (Å²) < 4.78 is 5.01. The van der Waals surface area contributed by atoms with Crippen LogP contribution in [0.5, 0.6) is 0 Å². The predicted molar refractivity (Wildman–Crippen MR) is 115 cm³/mol. The van der Waals surface area contributed by atoms with E-state index in [1.165, 1.54) is 0 Å². The number of β-lactam (4-membered cyclic amide) rings is 1. The first kappa shape index (κ1) is 18.7. The molecule has 0 spiro atoms. The van der Waals surface area contributed by atoms with E-state index in [0.717, 1.165) is 11.1 Å². The zero-order chi connectivity index (χ0) is 19.7. The van der Waals surface area contributed by atoms with E-state index in [1.807, 2.05) is 67.6 Å². The van der Waals surface area contributed by atoms with Crippen LogP contribution in [0.4, 0.5) is 0 Å². The third-order valence-corrected chi connectivity index (χ3v) is 9.88. The highest BCUT2D eigenvalue weighted by molar-refractivity contribution is 9.26. The Morgan fingerprint density at radius 3 is 2.18 bits per heavy atom. The van der Waals surface area contributed by atoms with Crippen LogP contribution in [-0.2, 0) is 14.3 Å². The van der Waals surface area contributed by atoms with Gasteiger partial charge in [-0.25, -0.2) is 4.79 Å². The van der Waals surface area contributed by atoms with Gasteiger partial charge in [0.2, 0.25) is 0 Å². The fourth-order valence-electron chi connectivity index (χ4n) is 4.31. The molecule has 3 fully saturated rings. The zero-order valence-corrected chi connectivity index (χ0v) is 19.0. The number of nitrogens with zero attached hydrogens (tertiary/aromatic N) is 1. The molecule has 2 aromatic carbocycles. The van der Waals surface area contributed by atoms with Gasteiger partial charge in [-0.05, 0) is 18.1 Å². The number of carbonyl (C=O) groups excluding carboxylic acids is 2. The van der Waals surface area contributed by atoms with Crippen LogP contribution in [0.25, 0.3) is 0 Å². The van der Waals surface area contributed by atoms with E-state index < -0.39 is 14.9 Å². The van der Waals surface area contributed by atoms with Crippen LogP contribution in [-0.4, -0.2) is 35.7 Å². The standard InChI is InChI=1S/C21H17Br2NO3S/c1-19-12-20(19,24-16(25)21(22,23)17(24)28-19)18(26)27-15(13-8-4-2-5-9-13)14-10-6-3-7-11-14/h2-11,15,17H,12H2,1H3/t17-,19+,20+/m1/s1. The number of alkyl halides is 2. The fraction of sp³-hybridized carbons (Fsp3) is 0.333. The molecule has 2 heterocycles. The molecule has 2 aromatic rings. The molecule has 0 N–H and O–H groups in total. The number of hydrogen-bond acceptors (Lipinski definition) is 4. The fourth-order valence-corrected chi connectivity index (χ4v) is 7.46. The second-order valence-corrected chi connectivity index (χ2v) is 12.8. The van der Waals surface area contributed by atoms with Crippen molar-refractivity contribution in [3.8, 4) is 0 Å². The van der Waals surface area contributed by atoms with Crippen molar-refractivity contribution in [1.82, 2.24) is 4.90 Å². The van der Waals surface area contributed by atoms with Crippen molar-refractivity contribution in [2.45, 2.75) is 38.3 Å². The van der Waals surface area contributed by atoms with Crippen LogP contribution in [0.2, 0.25) is 0 Å². The van der Waals surface area contributed by atoms with Gasteiger partial charge in [0.25, 0.3) is 5.91 Å². The van der Waals surface area contributed by atoms with Gasteiger partial charge < -0.3 is 9.64 Å². The molecule has 144 valence electrons. The first-order chi connectivity index (χ1) is 13.3. The quantitative estimate of drug-likeness (QED) is 0.334. The van der Waals surface area contributed by atoms with Gasteiger partial charge in [0.15, 0.2) is 14.9 Å². The van der Waals surface area contributed by atoms with E-state index in [-0.39, 0.29) is 22.0 Å². The molecule has 0 aromatic heterocycles. The number of ether oxygens (including phenoxy) is 1. The lowest BCUT2D eigenvalue weighted by Crippen LogP contribution is -2.69. The first-order valence-corrected chi connectivity index (χ1v) is 11.5. The van der Waals surface area contributed by atoms with Crippen LogP contribution in [0.3, 0.4) is 0 Å². The normalized spacial score (nSPS) is 31.8. The minimum Gasteiger partial charge on any atom is -0.451 e. The van der Waals surface area contributed by atoms with E-state index in [1.54, 1.807) is 16.7 Å². The number of benzene rings is 2. The Hall–Kier alpha value is -1.31. The summed E-state index contributed by atoms with van der Waals surface area (Å²) in [7, 11) is 0. The molecule has 5 rings (SSSR count). The molecule has 0 unspecified atom stereocenters. The van der Waals surface area contributed by atoms with Gasteiger partial charge in [-0.2, -0.15) is 0 Å². The molecule has 7 heteroatoms. The summed E-state index contributed by atoms with van der Waals surface area (Å²) in [6.45, 7) is 2.04. The lowest BCUT2D eigenvalue weighted by molar-refractivity contribution is -0.166. The molecule has 3 atom stereocenters. The van der Waals surface area contributed by atoms with Crippen molar-refractivity contribution in [3.05, 3.63) is 71.8 Å². The lowest BCUT2D eigenvalue weighted by Gasteiger charge is -2.49. The largest absolute Gasteiger partial charge is 0.451 e. The van der Waals surface area contributed by atoms with Gasteiger partial charge in [0.05, 0.1) is 4.75 Å². The summed E-state index contributed by atoms with van der Waals surface area (Å²) in [6.07, 6.45) is 0.116. The molecule has 2 saturated heterocycles. The molecule has 2 aliphatic heterocycles. The number of amides is 1. The Bertz CT molecular complexity index is 931. The number of halogens is 2. The Morgan fingerprint density at radius 1 is 1.11 bits per heavy atom. The molecule has 0 bridgehead atoms. The van der Waals surface area contributed by atoms with Crippen molar-refractivity contribution in [2.24, 2.45) is 0 Å². The van der Waals surface area contributed by atoms with Gasteiger partial charge in [-0.15, -0.1) is 11.8 Å². The smallest absolute Gasteiger partial charge is 0.334 e. The molecule has 3 aliphatic rings. The highest BCUT2D eigenvalue weighted by Crippen LogP contribution is 2.76. The van der Waals surface area contributed by atoms with Gasteiger partial charge in [0.1, 0.15) is 5.37 Å². The summed E-state index contributed by atoms with van der Waals surface area (Å²) in [5.41, 5.74) is 0.938. The maximum absolute atomic E-state index is 13.5. The third kappa shape index (κ3) is 2.36. The third-order valence-electron chi connectivity index (χ3n) is 5.94. The van der Waals surface area contributed by atoms with Crippen LogP contribution in [0.15, 0.2) is 60.7 Å². The summed E-state index contributed by atoms with van der Waals surface area (Å²) in [5, 5.41) is -0.113. The number of hydrogen-bond donors (Lipinski definition) is 0. The van der Waals surface area contributed by atoms with Gasteiger partial charge in [-0.1, -0.05) is 92.5 Å². The molecule has 28 heavy (non-hydrogen) atoms. The van der Waals surface area contributed by atoms with E-state index in [2.05, 4.69) is 31.9 Å². The molecular weight excluding hydrogens is 506 g/mol. The Morgan fingerprint density at radius 2 is 1.64 bits per heavy atom. The summed E-state index contributed by atoms with van der Waals surface area (Å²) >= 11 is 8.58. The van der Waals surface area contributed by atoms with E-state index >= 15 is 0 Å². The van der Waals surface area contributed by atoms with E-state index in [0.29, 0.717) is 6.42 Å². The monoisotopic (exact) mass is 521 g/mol. The molecule has 1 saturated carbocycles. The highest BCUT2D eigenvalue weighted by Gasteiger charge is 2.87. The number of esters is 1. The van der Waals surface area contributed by atoms with E-state index in [9.17, 15) is 9.59 Å². The minimum absolute atomic E-state index is 0.112. The zero-order valence-electron chi connectivity index (χ0n) is 15.0. The highest BCUT2D eigenvalue weighted by atomic mass is 79.9. The average molecular weight is 523 g/mol. The SMILES string of the molecule is C[C@]12C[C@@]1(C(=O)OC(c1ccccc1)c1ccccc1)N1C(=O)C(Br)(Br)[C@H]1S2. The van der Waals surface area contributed by atoms with Crippen LogP contribution in [0.1, 0.15) is 30.6 Å². The second-order valence-electron chi connectivity index (χ2n) is 7.64. The van der Waals surface area contributed by atoms with Crippen molar-refractivity contribution in [3.63, 3.8) is 0 Å². The van der Waals surface area contributed by atoms with Crippen LogP contribution < -0.4 is 0 Å². The topological polar surface area (TPSA) is 46.6 Å². The average Bonchev–Trinajstić information content (AvgIpc) is 3.24. The number of carbonyl (C=O) groups is 2. The molecule has 0 radical (unpaired) electrons. The first-order valence-electron chi connectivity index (χ1n) is 9.02.